The lowest BCUT2D eigenvalue weighted by atomic mass is 9.99. The maximum Gasteiger partial charge on any atom is 0.245 e. The Morgan fingerprint density at radius 3 is 3.00 bits per heavy atom. The van der Waals surface area contributed by atoms with Crippen LogP contribution >= 0.6 is 0 Å². The van der Waals surface area contributed by atoms with Gasteiger partial charge in [0, 0.05) is 25.2 Å². The number of carbonyl (C=O) groups excluding carboxylic acids is 1. The van der Waals surface area contributed by atoms with E-state index in [2.05, 4.69) is 24.4 Å². The zero-order valence-electron chi connectivity index (χ0n) is 10.9. The van der Waals surface area contributed by atoms with Crippen LogP contribution in [-0.4, -0.2) is 29.9 Å². The molecule has 1 fully saturated rings. The lowest BCUT2D eigenvalue weighted by molar-refractivity contribution is -0.133. The molecule has 0 spiro atoms. The molecule has 1 saturated heterocycles. The molecule has 1 aromatic rings. The van der Waals surface area contributed by atoms with Crippen LogP contribution in [0.4, 0.5) is 5.69 Å². The van der Waals surface area contributed by atoms with E-state index in [0.717, 1.165) is 31.6 Å². The van der Waals surface area contributed by atoms with Crippen molar-refractivity contribution in [2.75, 3.05) is 18.4 Å². The Balaban J connectivity index is 1.68. The molecule has 1 aromatic carbocycles. The van der Waals surface area contributed by atoms with Crippen LogP contribution in [0.1, 0.15) is 25.3 Å². The summed E-state index contributed by atoms with van der Waals surface area (Å²) in [6.45, 7) is 4.08. The summed E-state index contributed by atoms with van der Waals surface area (Å²) < 4.78 is 0. The second-order valence-electron chi connectivity index (χ2n) is 5.59. The molecule has 0 saturated carbocycles. The maximum atomic E-state index is 12.5. The minimum Gasteiger partial charge on any atom is -0.373 e. The number of nitrogens with zero attached hydrogens (tertiary/aromatic N) is 1. The zero-order chi connectivity index (χ0) is 12.5. The van der Waals surface area contributed by atoms with Gasteiger partial charge in [0.25, 0.3) is 0 Å². The quantitative estimate of drug-likeness (QED) is 0.822. The minimum atomic E-state index is -0.0484. The van der Waals surface area contributed by atoms with Crippen LogP contribution in [-0.2, 0) is 11.2 Å². The van der Waals surface area contributed by atoms with E-state index in [0.29, 0.717) is 5.92 Å². The van der Waals surface area contributed by atoms with Crippen molar-refractivity contribution >= 4 is 11.6 Å². The monoisotopic (exact) mass is 244 g/mol. The summed E-state index contributed by atoms with van der Waals surface area (Å²) in [6.07, 6.45) is 3.23. The molecule has 1 N–H and O–H groups in total. The van der Waals surface area contributed by atoms with Gasteiger partial charge in [-0.25, -0.2) is 0 Å². The molecule has 0 aromatic heterocycles. The molecule has 96 valence electrons. The smallest absolute Gasteiger partial charge is 0.245 e. The molecular formula is C15H20N2O. The molecule has 0 bridgehead atoms. The predicted molar refractivity (Wildman–Crippen MR) is 72.5 cm³/mol. The molecular weight excluding hydrogens is 224 g/mol. The number of anilines is 1. The first-order valence-electron chi connectivity index (χ1n) is 6.87. The minimum absolute atomic E-state index is 0.0484. The van der Waals surface area contributed by atoms with Gasteiger partial charge in [0.15, 0.2) is 0 Å². The van der Waals surface area contributed by atoms with Gasteiger partial charge in [0.05, 0.1) is 0 Å². The third-order valence-electron chi connectivity index (χ3n) is 4.04. The molecule has 2 atom stereocenters. The third-order valence-corrected chi connectivity index (χ3v) is 4.04. The van der Waals surface area contributed by atoms with E-state index in [9.17, 15) is 4.79 Å². The van der Waals surface area contributed by atoms with Gasteiger partial charge in [-0.15, -0.1) is 0 Å². The van der Waals surface area contributed by atoms with E-state index in [1.165, 1.54) is 12.0 Å². The van der Waals surface area contributed by atoms with Gasteiger partial charge in [0.1, 0.15) is 6.04 Å². The molecule has 2 heterocycles. The van der Waals surface area contributed by atoms with Gasteiger partial charge >= 0.3 is 0 Å². The highest BCUT2D eigenvalue weighted by atomic mass is 16.2. The number of amides is 1. The van der Waals surface area contributed by atoms with Crippen molar-refractivity contribution in [2.45, 2.75) is 32.2 Å². The third kappa shape index (κ3) is 2.09. The van der Waals surface area contributed by atoms with Crippen molar-refractivity contribution in [3.63, 3.8) is 0 Å². The number of benzene rings is 1. The number of piperidine rings is 1. The highest BCUT2D eigenvalue weighted by Gasteiger charge is 2.31. The Kier molecular flexibility index (Phi) is 2.98. The largest absolute Gasteiger partial charge is 0.373 e. The Bertz CT molecular complexity index is 433. The Morgan fingerprint density at radius 1 is 1.39 bits per heavy atom. The molecule has 0 aliphatic carbocycles. The van der Waals surface area contributed by atoms with Crippen molar-refractivity contribution in [3.8, 4) is 0 Å². The molecule has 1 amide bonds. The first-order valence-corrected chi connectivity index (χ1v) is 6.87. The van der Waals surface area contributed by atoms with Gasteiger partial charge in [0.2, 0.25) is 5.91 Å². The van der Waals surface area contributed by atoms with Crippen LogP contribution in [0.25, 0.3) is 0 Å². The number of likely N-dealkylation sites (tertiary alicyclic amines) is 1. The molecule has 18 heavy (non-hydrogen) atoms. The topological polar surface area (TPSA) is 32.3 Å². The predicted octanol–water partition coefficient (Wildman–Crippen LogP) is 2.28. The standard InChI is InChI=1S/C15H20N2O/c1-11-5-4-8-17(10-11)15(18)14-9-12-6-2-3-7-13(12)16-14/h2-3,6-7,11,14,16H,4-5,8-10H2,1H3/t11-,14-/m0/s1. The fourth-order valence-electron chi connectivity index (χ4n) is 3.06. The molecule has 0 radical (unpaired) electrons. The number of hydrogen-bond acceptors (Lipinski definition) is 2. The summed E-state index contributed by atoms with van der Waals surface area (Å²) in [6, 6.07) is 8.17. The molecule has 2 aliphatic rings. The van der Waals surface area contributed by atoms with Gasteiger partial charge in [-0.3, -0.25) is 4.79 Å². The number of hydrogen-bond donors (Lipinski definition) is 1. The number of fused-ring (bicyclic) bond motifs is 1. The molecule has 3 heteroatoms. The molecule has 3 rings (SSSR count). The normalized spacial score (nSPS) is 26.6. The summed E-state index contributed by atoms with van der Waals surface area (Å²) in [4.78, 5) is 14.5. The summed E-state index contributed by atoms with van der Waals surface area (Å²) in [7, 11) is 0. The SMILES string of the molecule is C[C@H]1CCCN(C(=O)[C@@H]2Cc3ccccc3N2)C1. The van der Waals surface area contributed by atoms with Crippen molar-refractivity contribution < 1.29 is 4.79 Å². The number of nitrogens with one attached hydrogen (secondary N) is 1. The van der Waals surface area contributed by atoms with E-state index >= 15 is 0 Å². The molecule has 2 aliphatic heterocycles. The summed E-state index contributed by atoms with van der Waals surface area (Å²) in [5.41, 5.74) is 2.39. The van der Waals surface area contributed by atoms with Gasteiger partial charge in [-0.05, 0) is 30.4 Å². The first kappa shape index (κ1) is 11.6. The lowest BCUT2D eigenvalue weighted by Gasteiger charge is -2.32. The highest BCUT2D eigenvalue weighted by Crippen LogP contribution is 2.27. The van der Waals surface area contributed by atoms with Crippen LogP contribution in [0.5, 0.6) is 0 Å². The van der Waals surface area contributed by atoms with Crippen molar-refractivity contribution in [1.29, 1.82) is 0 Å². The Labute approximate surface area is 108 Å². The number of carbonyl (C=O) groups is 1. The summed E-state index contributed by atoms with van der Waals surface area (Å²) in [5, 5.41) is 3.36. The van der Waals surface area contributed by atoms with Crippen LogP contribution in [0.3, 0.4) is 0 Å². The Morgan fingerprint density at radius 2 is 2.22 bits per heavy atom. The molecule has 0 unspecified atom stereocenters. The van der Waals surface area contributed by atoms with Crippen LogP contribution in [0.2, 0.25) is 0 Å². The van der Waals surface area contributed by atoms with E-state index in [1.54, 1.807) is 0 Å². The van der Waals surface area contributed by atoms with E-state index in [4.69, 9.17) is 0 Å². The Hall–Kier alpha value is -1.51. The van der Waals surface area contributed by atoms with Crippen LogP contribution < -0.4 is 5.32 Å². The average molecular weight is 244 g/mol. The first-order chi connectivity index (χ1) is 8.74. The second kappa shape index (κ2) is 4.63. The summed E-state index contributed by atoms with van der Waals surface area (Å²) >= 11 is 0. The number of rotatable bonds is 1. The van der Waals surface area contributed by atoms with Crippen LogP contribution in [0.15, 0.2) is 24.3 Å². The van der Waals surface area contributed by atoms with Crippen molar-refractivity contribution in [1.82, 2.24) is 4.90 Å². The van der Waals surface area contributed by atoms with E-state index in [-0.39, 0.29) is 11.9 Å². The van der Waals surface area contributed by atoms with Gasteiger partial charge < -0.3 is 10.2 Å². The second-order valence-corrected chi connectivity index (χ2v) is 5.59. The van der Waals surface area contributed by atoms with E-state index < -0.39 is 0 Å². The highest BCUT2D eigenvalue weighted by molar-refractivity contribution is 5.87. The van der Waals surface area contributed by atoms with Crippen molar-refractivity contribution in [3.05, 3.63) is 29.8 Å². The fraction of sp³-hybridized carbons (Fsp3) is 0.533. The van der Waals surface area contributed by atoms with Crippen molar-refractivity contribution in [2.24, 2.45) is 5.92 Å². The lowest BCUT2D eigenvalue weighted by Crippen LogP contribution is -2.46. The number of para-hydroxylation sites is 1. The van der Waals surface area contributed by atoms with Gasteiger partial charge in [-0.1, -0.05) is 25.1 Å². The summed E-state index contributed by atoms with van der Waals surface area (Å²) in [5.74, 6) is 0.921. The fourth-order valence-corrected chi connectivity index (χ4v) is 3.06. The molecule has 3 nitrogen and oxygen atoms in total. The van der Waals surface area contributed by atoms with Gasteiger partial charge in [-0.2, -0.15) is 0 Å². The average Bonchev–Trinajstić information content (AvgIpc) is 2.81. The van der Waals surface area contributed by atoms with Crippen LogP contribution in [0, 0.1) is 5.92 Å². The van der Waals surface area contributed by atoms with E-state index in [1.807, 2.05) is 17.0 Å². The zero-order valence-corrected chi connectivity index (χ0v) is 10.9. The maximum absolute atomic E-state index is 12.5.